The first kappa shape index (κ1) is 13.6. The van der Waals surface area contributed by atoms with Crippen molar-refractivity contribution in [3.05, 3.63) is 34.3 Å². The van der Waals surface area contributed by atoms with Crippen LogP contribution in [0.2, 0.25) is 0 Å². The van der Waals surface area contributed by atoms with Gasteiger partial charge in [-0.25, -0.2) is 0 Å². The predicted molar refractivity (Wildman–Crippen MR) is 76.2 cm³/mol. The van der Waals surface area contributed by atoms with Crippen LogP contribution in [0, 0.1) is 0 Å². The Labute approximate surface area is 116 Å². The second kappa shape index (κ2) is 6.34. The minimum atomic E-state index is 0.0652. The highest BCUT2D eigenvalue weighted by Crippen LogP contribution is 2.17. The highest BCUT2D eigenvalue weighted by molar-refractivity contribution is 9.10. The van der Waals surface area contributed by atoms with Crippen molar-refractivity contribution in [1.82, 2.24) is 5.32 Å². The van der Waals surface area contributed by atoms with Crippen LogP contribution in [-0.4, -0.2) is 18.0 Å². The lowest BCUT2D eigenvalue weighted by atomic mass is 9.91. The Hall–Kier alpha value is -0.870. The Morgan fingerprint density at radius 1 is 1.39 bits per heavy atom. The molecule has 1 aromatic rings. The monoisotopic (exact) mass is 310 g/mol. The minimum Gasteiger partial charge on any atom is -0.352 e. The zero-order valence-electron chi connectivity index (χ0n) is 10.4. The van der Waals surface area contributed by atoms with E-state index in [1.165, 1.54) is 6.42 Å². The van der Waals surface area contributed by atoms with Gasteiger partial charge in [0.2, 0.25) is 5.91 Å². The lowest BCUT2D eigenvalue weighted by Crippen LogP contribution is -2.49. The van der Waals surface area contributed by atoms with Crippen molar-refractivity contribution in [3.63, 3.8) is 0 Å². The summed E-state index contributed by atoms with van der Waals surface area (Å²) in [6.07, 6.45) is 4.78. The number of carbonyl (C=O) groups is 1. The zero-order valence-corrected chi connectivity index (χ0v) is 11.9. The van der Waals surface area contributed by atoms with Gasteiger partial charge < -0.3 is 11.1 Å². The van der Waals surface area contributed by atoms with E-state index >= 15 is 0 Å². The van der Waals surface area contributed by atoms with Crippen LogP contribution in [0.4, 0.5) is 0 Å². The molecular formula is C14H19BrN2O. The number of benzene rings is 1. The molecular weight excluding hydrogens is 292 g/mol. The molecule has 0 aromatic heterocycles. The summed E-state index contributed by atoms with van der Waals surface area (Å²) in [5, 5.41) is 3.06. The normalized spacial score (nSPS) is 23.7. The number of nitrogens with one attached hydrogen (secondary N) is 1. The molecule has 0 saturated heterocycles. The Kier molecular flexibility index (Phi) is 4.78. The number of hydrogen-bond acceptors (Lipinski definition) is 2. The maximum absolute atomic E-state index is 12.0. The van der Waals surface area contributed by atoms with Gasteiger partial charge in [-0.2, -0.15) is 0 Å². The molecule has 18 heavy (non-hydrogen) atoms. The molecule has 0 unspecified atom stereocenters. The van der Waals surface area contributed by atoms with Crippen LogP contribution >= 0.6 is 15.9 Å². The van der Waals surface area contributed by atoms with E-state index in [0.29, 0.717) is 6.42 Å². The summed E-state index contributed by atoms with van der Waals surface area (Å²) in [7, 11) is 0. The first-order chi connectivity index (χ1) is 8.65. The minimum absolute atomic E-state index is 0.0652. The van der Waals surface area contributed by atoms with E-state index in [1.807, 2.05) is 24.3 Å². The van der Waals surface area contributed by atoms with E-state index < -0.39 is 0 Å². The number of carbonyl (C=O) groups excluding carboxylic acids is 1. The third kappa shape index (κ3) is 3.82. The van der Waals surface area contributed by atoms with E-state index in [1.54, 1.807) is 0 Å². The van der Waals surface area contributed by atoms with Gasteiger partial charge in [-0.3, -0.25) is 4.79 Å². The van der Waals surface area contributed by atoms with E-state index in [0.717, 1.165) is 29.3 Å². The number of hydrogen-bond donors (Lipinski definition) is 2. The molecule has 1 fully saturated rings. The number of rotatable bonds is 3. The molecule has 2 rings (SSSR count). The molecule has 0 spiro atoms. The topological polar surface area (TPSA) is 55.1 Å². The molecule has 0 bridgehead atoms. The second-order valence-electron chi connectivity index (χ2n) is 4.93. The molecule has 1 amide bonds. The summed E-state index contributed by atoms with van der Waals surface area (Å²) in [4.78, 5) is 12.0. The van der Waals surface area contributed by atoms with Crippen molar-refractivity contribution in [2.75, 3.05) is 0 Å². The average molecular weight is 311 g/mol. The molecule has 3 nitrogen and oxygen atoms in total. The van der Waals surface area contributed by atoms with Crippen molar-refractivity contribution in [2.45, 2.75) is 44.2 Å². The lowest BCUT2D eigenvalue weighted by molar-refractivity contribution is -0.121. The standard InChI is InChI=1S/C14H19BrN2O/c15-11-5-3-4-10(8-11)9-14(18)17-13-7-2-1-6-12(13)16/h3-5,8,12-13H,1-2,6-7,9,16H2,(H,17,18)/t12-,13-/m1/s1. The van der Waals surface area contributed by atoms with Crippen molar-refractivity contribution >= 4 is 21.8 Å². The van der Waals surface area contributed by atoms with Crippen molar-refractivity contribution < 1.29 is 4.79 Å². The summed E-state index contributed by atoms with van der Waals surface area (Å²) in [5.74, 6) is 0.0652. The summed E-state index contributed by atoms with van der Waals surface area (Å²) in [6, 6.07) is 8.10. The van der Waals surface area contributed by atoms with Gasteiger partial charge in [0.25, 0.3) is 0 Å². The van der Waals surface area contributed by atoms with Gasteiger partial charge in [0.1, 0.15) is 0 Å². The second-order valence-corrected chi connectivity index (χ2v) is 5.84. The Balaban J connectivity index is 1.88. The Morgan fingerprint density at radius 2 is 2.17 bits per heavy atom. The number of amides is 1. The molecule has 1 aromatic carbocycles. The fourth-order valence-electron chi connectivity index (χ4n) is 2.43. The largest absolute Gasteiger partial charge is 0.352 e. The van der Waals surface area contributed by atoms with Crippen LogP contribution in [-0.2, 0) is 11.2 Å². The summed E-state index contributed by atoms with van der Waals surface area (Å²) >= 11 is 3.41. The molecule has 98 valence electrons. The van der Waals surface area contributed by atoms with E-state index in [4.69, 9.17) is 5.73 Å². The molecule has 0 heterocycles. The lowest BCUT2D eigenvalue weighted by Gasteiger charge is -2.29. The average Bonchev–Trinajstić information content (AvgIpc) is 2.32. The fraction of sp³-hybridized carbons (Fsp3) is 0.500. The first-order valence-electron chi connectivity index (χ1n) is 6.44. The highest BCUT2D eigenvalue weighted by atomic mass is 79.9. The van der Waals surface area contributed by atoms with Gasteiger partial charge in [0.15, 0.2) is 0 Å². The smallest absolute Gasteiger partial charge is 0.224 e. The highest BCUT2D eigenvalue weighted by Gasteiger charge is 2.23. The number of nitrogens with two attached hydrogens (primary N) is 1. The molecule has 4 heteroatoms. The van der Waals surface area contributed by atoms with Gasteiger partial charge >= 0.3 is 0 Å². The van der Waals surface area contributed by atoms with Crippen LogP contribution in [0.15, 0.2) is 28.7 Å². The van der Waals surface area contributed by atoms with Crippen molar-refractivity contribution in [2.24, 2.45) is 5.73 Å². The maximum atomic E-state index is 12.0. The SMILES string of the molecule is N[C@@H]1CCCC[C@H]1NC(=O)Cc1cccc(Br)c1. The summed E-state index contributed by atoms with van der Waals surface area (Å²) in [5.41, 5.74) is 7.04. The van der Waals surface area contributed by atoms with Crippen LogP contribution in [0.5, 0.6) is 0 Å². The first-order valence-corrected chi connectivity index (χ1v) is 7.24. The molecule has 1 aliphatic carbocycles. The van der Waals surface area contributed by atoms with Gasteiger partial charge in [0, 0.05) is 16.6 Å². The maximum Gasteiger partial charge on any atom is 0.224 e. The van der Waals surface area contributed by atoms with Crippen molar-refractivity contribution in [3.8, 4) is 0 Å². The molecule has 0 aliphatic heterocycles. The molecule has 1 saturated carbocycles. The molecule has 0 radical (unpaired) electrons. The number of halogens is 1. The van der Waals surface area contributed by atoms with Crippen molar-refractivity contribution in [1.29, 1.82) is 0 Å². The van der Waals surface area contributed by atoms with E-state index in [9.17, 15) is 4.79 Å². The molecule has 2 atom stereocenters. The van der Waals surface area contributed by atoms with Crippen LogP contribution in [0.25, 0.3) is 0 Å². The fourth-order valence-corrected chi connectivity index (χ4v) is 2.88. The van der Waals surface area contributed by atoms with E-state index in [2.05, 4.69) is 21.2 Å². The zero-order chi connectivity index (χ0) is 13.0. The summed E-state index contributed by atoms with van der Waals surface area (Å²) < 4.78 is 1.00. The summed E-state index contributed by atoms with van der Waals surface area (Å²) in [6.45, 7) is 0. The molecule has 1 aliphatic rings. The van der Waals surface area contributed by atoms with E-state index in [-0.39, 0.29) is 18.0 Å². The third-order valence-electron chi connectivity index (χ3n) is 3.42. The predicted octanol–water partition coefficient (Wildman–Crippen LogP) is 2.38. The molecule has 3 N–H and O–H groups in total. The Bertz CT molecular complexity index is 422. The third-order valence-corrected chi connectivity index (χ3v) is 3.91. The van der Waals surface area contributed by atoms with Gasteiger partial charge in [-0.05, 0) is 30.5 Å². The quantitative estimate of drug-likeness (QED) is 0.900. The van der Waals surface area contributed by atoms with Crippen LogP contribution in [0.1, 0.15) is 31.2 Å². The van der Waals surface area contributed by atoms with Gasteiger partial charge in [0.05, 0.1) is 6.42 Å². The van der Waals surface area contributed by atoms with Crippen LogP contribution in [0.3, 0.4) is 0 Å². The van der Waals surface area contributed by atoms with Gasteiger partial charge in [-0.15, -0.1) is 0 Å². The van der Waals surface area contributed by atoms with Crippen LogP contribution < -0.4 is 11.1 Å². The Morgan fingerprint density at radius 3 is 2.89 bits per heavy atom. The van der Waals surface area contributed by atoms with Gasteiger partial charge in [-0.1, -0.05) is 40.9 Å².